The Morgan fingerprint density at radius 3 is 2.68 bits per heavy atom. The number of halogens is 1. The van der Waals surface area contributed by atoms with Gasteiger partial charge in [0.25, 0.3) is 5.88 Å². The Hall–Kier alpha value is -2.17. The molecule has 1 aromatic heterocycles. The van der Waals surface area contributed by atoms with Gasteiger partial charge in [-0.3, -0.25) is 0 Å². The van der Waals surface area contributed by atoms with Crippen LogP contribution in [0.4, 0.5) is 10.3 Å². The number of benzene rings is 1. The number of anilines is 1. The van der Waals surface area contributed by atoms with Crippen LogP contribution in [0.15, 0.2) is 30.5 Å². The van der Waals surface area contributed by atoms with Crippen LogP contribution in [0.5, 0.6) is 11.6 Å². The number of unbranched alkanes of at least 4 members (excludes halogenated alkanes) is 1. The van der Waals surface area contributed by atoms with Crippen molar-refractivity contribution in [3.8, 4) is 11.6 Å². The fourth-order valence-electron chi connectivity index (χ4n) is 1.65. The number of aromatic nitrogens is 2. The summed E-state index contributed by atoms with van der Waals surface area (Å²) in [5, 5.41) is 0. The molecule has 0 unspecified atom stereocenters. The predicted octanol–water partition coefficient (Wildman–Crippen LogP) is 3.33. The van der Waals surface area contributed by atoms with Crippen molar-refractivity contribution in [2.24, 2.45) is 0 Å². The lowest BCUT2D eigenvalue weighted by Gasteiger charge is -2.06. The average molecular weight is 261 g/mol. The van der Waals surface area contributed by atoms with Crippen molar-refractivity contribution >= 4 is 5.95 Å². The van der Waals surface area contributed by atoms with E-state index in [1.165, 1.54) is 5.56 Å². The molecule has 0 atom stereocenters. The number of aryl methyl sites for hydroxylation is 1. The van der Waals surface area contributed by atoms with E-state index in [2.05, 4.69) is 16.9 Å². The van der Waals surface area contributed by atoms with Crippen LogP contribution in [0.1, 0.15) is 25.3 Å². The monoisotopic (exact) mass is 261 g/mol. The molecule has 2 rings (SSSR count). The molecule has 0 spiro atoms. The zero-order chi connectivity index (χ0) is 13.7. The normalized spacial score (nSPS) is 10.4. The van der Waals surface area contributed by atoms with Gasteiger partial charge in [-0.1, -0.05) is 25.5 Å². The molecule has 0 saturated heterocycles. The van der Waals surface area contributed by atoms with Gasteiger partial charge in [0.05, 0.1) is 6.20 Å². The minimum absolute atomic E-state index is 0.0176. The van der Waals surface area contributed by atoms with E-state index in [-0.39, 0.29) is 11.8 Å². The van der Waals surface area contributed by atoms with Gasteiger partial charge >= 0.3 is 0 Å². The van der Waals surface area contributed by atoms with Crippen molar-refractivity contribution in [1.29, 1.82) is 0 Å². The summed E-state index contributed by atoms with van der Waals surface area (Å²) in [6.45, 7) is 2.15. The molecule has 100 valence electrons. The van der Waals surface area contributed by atoms with Crippen LogP contribution in [0, 0.1) is 5.82 Å². The second-order valence-electron chi connectivity index (χ2n) is 4.23. The fourth-order valence-corrected chi connectivity index (χ4v) is 1.65. The van der Waals surface area contributed by atoms with E-state index < -0.39 is 5.82 Å². The number of nitrogens with two attached hydrogens (primary N) is 1. The molecule has 1 heterocycles. The van der Waals surface area contributed by atoms with Crippen LogP contribution >= 0.6 is 0 Å². The predicted molar refractivity (Wildman–Crippen MR) is 71.5 cm³/mol. The molecule has 5 heteroatoms. The van der Waals surface area contributed by atoms with Gasteiger partial charge in [0, 0.05) is 0 Å². The first-order chi connectivity index (χ1) is 9.19. The van der Waals surface area contributed by atoms with Gasteiger partial charge in [-0.25, -0.2) is 4.98 Å². The highest BCUT2D eigenvalue weighted by Gasteiger charge is 2.08. The summed E-state index contributed by atoms with van der Waals surface area (Å²) in [4.78, 5) is 7.25. The third-order valence-electron chi connectivity index (χ3n) is 2.69. The zero-order valence-electron chi connectivity index (χ0n) is 10.8. The Bertz CT molecular complexity index is 543. The smallest absolute Gasteiger partial charge is 0.260 e. The minimum Gasteiger partial charge on any atom is -0.436 e. The van der Waals surface area contributed by atoms with Crippen LogP contribution in [0.2, 0.25) is 0 Å². The van der Waals surface area contributed by atoms with Crippen molar-refractivity contribution in [3.05, 3.63) is 41.8 Å². The molecule has 2 N–H and O–H groups in total. The van der Waals surface area contributed by atoms with Crippen molar-refractivity contribution in [2.45, 2.75) is 26.2 Å². The fraction of sp³-hybridized carbons (Fsp3) is 0.286. The lowest BCUT2D eigenvalue weighted by atomic mass is 10.1. The Balaban J connectivity index is 2.08. The van der Waals surface area contributed by atoms with E-state index in [0.29, 0.717) is 5.75 Å². The van der Waals surface area contributed by atoms with Crippen molar-refractivity contribution in [2.75, 3.05) is 5.73 Å². The van der Waals surface area contributed by atoms with Gasteiger partial charge in [-0.15, -0.1) is 0 Å². The van der Waals surface area contributed by atoms with Crippen LogP contribution in [-0.4, -0.2) is 9.97 Å². The first-order valence-electron chi connectivity index (χ1n) is 6.24. The lowest BCUT2D eigenvalue weighted by Crippen LogP contribution is -1.99. The first-order valence-corrected chi connectivity index (χ1v) is 6.24. The third-order valence-corrected chi connectivity index (χ3v) is 2.69. The number of hydrogen-bond donors (Lipinski definition) is 1. The molecule has 0 amide bonds. The number of nitrogens with zero attached hydrogens (tertiary/aromatic N) is 2. The molecule has 0 radical (unpaired) electrons. The molecule has 0 aliphatic heterocycles. The first kappa shape index (κ1) is 13.3. The van der Waals surface area contributed by atoms with E-state index in [0.717, 1.165) is 25.5 Å². The maximum atomic E-state index is 13.4. The Kier molecular flexibility index (Phi) is 4.28. The summed E-state index contributed by atoms with van der Waals surface area (Å²) in [5.41, 5.74) is 6.62. The Morgan fingerprint density at radius 2 is 2.00 bits per heavy atom. The highest BCUT2D eigenvalue weighted by Crippen LogP contribution is 2.23. The van der Waals surface area contributed by atoms with E-state index in [1.807, 2.05) is 12.1 Å². The summed E-state index contributed by atoms with van der Waals surface area (Å²) < 4.78 is 18.7. The number of rotatable bonds is 5. The van der Waals surface area contributed by atoms with Crippen LogP contribution in [-0.2, 0) is 6.42 Å². The van der Waals surface area contributed by atoms with Crippen molar-refractivity contribution in [1.82, 2.24) is 9.97 Å². The highest BCUT2D eigenvalue weighted by atomic mass is 19.1. The standard InChI is InChI=1S/C14H16FN3O/c1-2-3-4-10-5-7-11(8-6-10)19-13-12(15)9-17-14(16)18-13/h5-9H,2-4H2,1H3,(H2,16,17,18). The summed E-state index contributed by atoms with van der Waals surface area (Å²) in [7, 11) is 0. The van der Waals surface area contributed by atoms with Gasteiger partial charge in [0.15, 0.2) is 0 Å². The van der Waals surface area contributed by atoms with Gasteiger partial charge in [0.2, 0.25) is 11.8 Å². The molecule has 4 nitrogen and oxygen atoms in total. The Labute approximate surface area is 111 Å². The quantitative estimate of drug-likeness (QED) is 0.896. The second-order valence-corrected chi connectivity index (χ2v) is 4.23. The van der Waals surface area contributed by atoms with Crippen LogP contribution in [0.3, 0.4) is 0 Å². The van der Waals surface area contributed by atoms with Crippen molar-refractivity contribution in [3.63, 3.8) is 0 Å². The molecular weight excluding hydrogens is 245 g/mol. The Morgan fingerprint density at radius 1 is 1.26 bits per heavy atom. The molecule has 0 saturated carbocycles. The molecule has 0 bridgehead atoms. The molecule has 0 aliphatic rings. The van der Waals surface area contributed by atoms with E-state index in [9.17, 15) is 4.39 Å². The lowest BCUT2D eigenvalue weighted by molar-refractivity contribution is 0.421. The largest absolute Gasteiger partial charge is 0.436 e. The summed E-state index contributed by atoms with van der Waals surface area (Å²) in [6.07, 6.45) is 4.33. The number of ether oxygens (including phenoxy) is 1. The second kappa shape index (κ2) is 6.13. The van der Waals surface area contributed by atoms with Crippen LogP contribution in [0.25, 0.3) is 0 Å². The topological polar surface area (TPSA) is 61.0 Å². The molecule has 2 aromatic rings. The van der Waals surface area contributed by atoms with Gasteiger partial charge in [-0.2, -0.15) is 9.37 Å². The van der Waals surface area contributed by atoms with Gasteiger partial charge < -0.3 is 10.5 Å². The SMILES string of the molecule is CCCCc1ccc(Oc2nc(N)ncc2F)cc1. The third kappa shape index (κ3) is 3.64. The highest BCUT2D eigenvalue weighted by molar-refractivity contribution is 5.32. The zero-order valence-corrected chi connectivity index (χ0v) is 10.8. The minimum atomic E-state index is -0.635. The van der Waals surface area contributed by atoms with Crippen molar-refractivity contribution < 1.29 is 9.13 Å². The average Bonchev–Trinajstić information content (AvgIpc) is 2.42. The maximum absolute atomic E-state index is 13.4. The summed E-state index contributed by atoms with van der Waals surface area (Å²) >= 11 is 0. The molecule has 1 aromatic carbocycles. The molecule has 0 aliphatic carbocycles. The van der Waals surface area contributed by atoms with E-state index >= 15 is 0 Å². The van der Waals surface area contributed by atoms with Gasteiger partial charge in [0.1, 0.15) is 5.75 Å². The molecule has 0 fully saturated rings. The van der Waals surface area contributed by atoms with E-state index in [1.54, 1.807) is 12.1 Å². The number of hydrogen-bond acceptors (Lipinski definition) is 4. The van der Waals surface area contributed by atoms with Crippen LogP contribution < -0.4 is 10.5 Å². The van der Waals surface area contributed by atoms with Gasteiger partial charge in [-0.05, 0) is 30.5 Å². The van der Waals surface area contributed by atoms with E-state index in [4.69, 9.17) is 10.5 Å². The summed E-state index contributed by atoms with van der Waals surface area (Å²) in [5.74, 6) is -0.286. The summed E-state index contributed by atoms with van der Waals surface area (Å²) in [6, 6.07) is 7.52. The maximum Gasteiger partial charge on any atom is 0.260 e. The molecular formula is C14H16FN3O. The number of nitrogen functional groups attached to an aromatic ring is 1. The molecule has 19 heavy (non-hydrogen) atoms.